The third kappa shape index (κ3) is 5.65. The molecule has 3 aromatic rings. The zero-order valence-corrected chi connectivity index (χ0v) is 17.5. The van der Waals surface area contributed by atoms with Crippen LogP contribution in [0.25, 0.3) is 10.6 Å². The van der Waals surface area contributed by atoms with Crippen LogP contribution >= 0.6 is 11.3 Å². The lowest BCUT2D eigenvalue weighted by Gasteiger charge is -2.13. The Balaban J connectivity index is 1.47. The molecule has 6 nitrogen and oxygen atoms in total. The van der Waals surface area contributed by atoms with Crippen LogP contribution in [0.5, 0.6) is 0 Å². The van der Waals surface area contributed by atoms with E-state index in [0.717, 1.165) is 27.4 Å². The molecule has 0 radical (unpaired) electrons. The highest BCUT2D eigenvalue weighted by atomic mass is 32.1. The van der Waals surface area contributed by atoms with E-state index in [2.05, 4.69) is 10.3 Å². The minimum Gasteiger partial charge on any atom is -0.451 e. The fourth-order valence-electron chi connectivity index (χ4n) is 2.56. The molecule has 1 amide bonds. The number of nitrogens with one attached hydrogen (secondary N) is 1. The molecular weight excluding hydrogens is 386 g/mol. The molecule has 0 spiro atoms. The van der Waals surface area contributed by atoms with E-state index in [9.17, 15) is 9.59 Å². The fraction of sp³-hybridized carbons (Fsp3) is 0.227. The van der Waals surface area contributed by atoms with Gasteiger partial charge < -0.3 is 15.0 Å². The molecule has 0 saturated carbocycles. The number of rotatable bonds is 7. The second kappa shape index (κ2) is 9.34. The largest absolute Gasteiger partial charge is 0.451 e. The number of nitrogens with zero attached hydrogens (tertiary/aromatic N) is 2. The normalized spacial score (nSPS) is 10.4. The van der Waals surface area contributed by atoms with Crippen molar-refractivity contribution < 1.29 is 14.3 Å². The highest BCUT2D eigenvalue weighted by Gasteiger charge is 2.15. The minimum atomic E-state index is -0.606. The van der Waals surface area contributed by atoms with Crippen molar-refractivity contribution >= 4 is 28.9 Å². The van der Waals surface area contributed by atoms with Gasteiger partial charge in [0.2, 0.25) is 0 Å². The van der Waals surface area contributed by atoms with E-state index in [1.807, 2.05) is 74.4 Å². The Morgan fingerprint density at radius 3 is 2.41 bits per heavy atom. The molecule has 0 atom stereocenters. The fourth-order valence-corrected chi connectivity index (χ4v) is 3.36. The van der Waals surface area contributed by atoms with Crippen molar-refractivity contribution in [3.63, 3.8) is 0 Å². The zero-order valence-electron chi connectivity index (χ0n) is 16.6. The van der Waals surface area contributed by atoms with Crippen molar-refractivity contribution in [1.29, 1.82) is 0 Å². The van der Waals surface area contributed by atoms with E-state index in [1.54, 1.807) is 5.38 Å². The van der Waals surface area contributed by atoms with E-state index in [0.29, 0.717) is 6.54 Å². The number of aryl methyl sites for hydroxylation is 1. The number of esters is 1. The van der Waals surface area contributed by atoms with Gasteiger partial charge in [0, 0.05) is 37.3 Å². The Hall–Kier alpha value is -3.19. The predicted molar refractivity (Wildman–Crippen MR) is 115 cm³/mol. The maximum Gasteiger partial charge on any atom is 0.358 e. The molecule has 0 aliphatic heterocycles. The number of hydrogen-bond acceptors (Lipinski definition) is 6. The highest BCUT2D eigenvalue weighted by molar-refractivity contribution is 7.13. The first-order chi connectivity index (χ1) is 13.9. The molecular formula is C22H23N3O3S. The van der Waals surface area contributed by atoms with Gasteiger partial charge in [0.15, 0.2) is 12.3 Å². The van der Waals surface area contributed by atoms with Crippen LogP contribution in [0.15, 0.2) is 53.9 Å². The Morgan fingerprint density at radius 1 is 1.07 bits per heavy atom. The molecule has 0 bridgehead atoms. The number of carbonyl (C=O) groups is 2. The van der Waals surface area contributed by atoms with Crippen LogP contribution in [-0.2, 0) is 16.1 Å². The van der Waals surface area contributed by atoms with Gasteiger partial charge in [0.25, 0.3) is 5.91 Å². The second-order valence-corrected chi connectivity index (χ2v) is 7.68. The number of carbonyl (C=O) groups excluding carboxylic acids is 2. The summed E-state index contributed by atoms with van der Waals surface area (Å²) < 4.78 is 5.08. The molecule has 0 aliphatic carbocycles. The van der Waals surface area contributed by atoms with Gasteiger partial charge in [-0.15, -0.1) is 11.3 Å². The van der Waals surface area contributed by atoms with Gasteiger partial charge in [-0.2, -0.15) is 0 Å². The summed E-state index contributed by atoms with van der Waals surface area (Å²) >= 11 is 1.37. The molecule has 0 fully saturated rings. The molecule has 0 aliphatic rings. The van der Waals surface area contributed by atoms with Crippen molar-refractivity contribution in [2.75, 3.05) is 25.6 Å². The summed E-state index contributed by atoms with van der Waals surface area (Å²) in [5, 5.41) is 5.12. The predicted octanol–water partition coefficient (Wildman–Crippen LogP) is 3.66. The molecule has 2 aromatic carbocycles. The Labute approximate surface area is 174 Å². The summed E-state index contributed by atoms with van der Waals surface area (Å²) in [7, 11) is 3.94. The summed E-state index contributed by atoms with van der Waals surface area (Å²) in [6.07, 6.45) is 0. The van der Waals surface area contributed by atoms with Gasteiger partial charge >= 0.3 is 5.97 Å². The smallest absolute Gasteiger partial charge is 0.358 e. The minimum absolute atomic E-state index is 0.206. The molecule has 3 rings (SSSR count). The van der Waals surface area contributed by atoms with E-state index in [1.165, 1.54) is 11.3 Å². The van der Waals surface area contributed by atoms with E-state index < -0.39 is 5.97 Å². The van der Waals surface area contributed by atoms with E-state index in [4.69, 9.17) is 4.74 Å². The lowest BCUT2D eigenvalue weighted by Crippen LogP contribution is -2.28. The summed E-state index contributed by atoms with van der Waals surface area (Å²) in [5.74, 6) is -0.964. The van der Waals surface area contributed by atoms with Crippen molar-refractivity contribution in [3.8, 4) is 10.6 Å². The molecule has 0 saturated heterocycles. The lowest BCUT2D eigenvalue weighted by molar-refractivity contribution is -0.124. The maximum atomic E-state index is 12.2. The average molecular weight is 410 g/mol. The molecule has 1 aromatic heterocycles. The topological polar surface area (TPSA) is 71.5 Å². The quantitative estimate of drug-likeness (QED) is 0.603. The van der Waals surface area contributed by atoms with Crippen LogP contribution in [0.3, 0.4) is 0 Å². The lowest BCUT2D eigenvalue weighted by atomic mass is 10.2. The first-order valence-electron chi connectivity index (χ1n) is 9.15. The number of anilines is 1. The third-order valence-electron chi connectivity index (χ3n) is 4.29. The van der Waals surface area contributed by atoms with E-state index in [-0.39, 0.29) is 18.2 Å². The monoisotopic (exact) mass is 409 g/mol. The van der Waals surface area contributed by atoms with Gasteiger partial charge in [-0.1, -0.05) is 42.0 Å². The van der Waals surface area contributed by atoms with E-state index >= 15 is 0 Å². The van der Waals surface area contributed by atoms with Crippen molar-refractivity contribution in [1.82, 2.24) is 10.3 Å². The maximum absolute atomic E-state index is 12.2. The summed E-state index contributed by atoms with van der Waals surface area (Å²) in [5.41, 5.74) is 4.36. The van der Waals surface area contributed by atoms with Crippen LogP contribution in [0, 0.1) is 6.92 Å². The standard InChI is InChI=1S/C22H23N3O3S/c1-15-4-8-17(9-5-15)21-24-19(14-29-21)22(27)28-13-20(26)23-12-16-6-10-18(11-7-16)25(2)3/h4-11,14H,12-13H2,1-3H3,(H,23,26). The Bertz CT molecular complexity index is 979. The average Bonchev–Trinajstić information content (AvgIpc) is 3.21. The van der Waals surface area contributed by atoms with Crippen LogP contribution in [-0.4, -0.2) is 37.6 Å². The van der Waals surface area contributed by atoms with Crippen molar-refractivity contribution in [3.05, 3.63) is 70.7 Å². The van der Waals surface area contributed by atoms with Crippen molar-refractivity contribution in [2.24, 2.45) is 0 Å². The highest BCUT2D eigenvalue weighted by Crippen LogP contribution is 2.24. The Morgan fingerprint density at radius 2 is 1.76 bits per heavy atom. The van der Waals surface area contributed by atoms with Gasteiger partial charge in [0.1, 0.15) is 5.01 Å². The van der Waals surface area contributed by atoms with Crippen LogP contribution < -0.4 is 10.2 Å². The number of thiazole rings is 1. The number of hydrogen-bond donors (Lipinski definition) is 1. The molecule has 0 unspecified atom stereocenters. The van der Waals surface area contributed by atoms with Crippen LogP contribution in [0.4, 0.5) is 5.69 Å². The molecule has 29 heavy (non-hydrogen) atoms. The molecule has 1 heterocycles. The van der Waals surface area contributed by atoms with Gasteiger partial charge in [-0.25, -0.2) is 9.78 Å². The van der Waals surface area contributed by atoms with Crippen LogP contribution in [0.2, 0.25) is 0 Å². The van der Waals surface area contributed by atoms with Gasteiger partial charge in [-0.3, -0.25) is 4.79 Å². The summed E-state index contributed by atoms with van der Waals surface area (Å²) in [6, 6.07) is 15.8. The number of amides is 1. The van der Waals surface area contributed by atoms with Crippen LogP contribution in [0.1, 0.15) is 21.6 Å². The molecule has 150 valence electrons. The van der Waals surface area contributed by atoms with Crippen molar-refractivity contribution in [2.45, 2.75) is 13.5 Å². The van der Waals surface area contributed by atoms with Gasteiger partial charge in [0.05, 0.1) is 0 Å². The first-order valence-corrected chi connectivity index (χ1v) is 10.0. The number of aromatic nitrogens is 1. The summed E-state index contributed by atoms with van der Waals surface area (Å²) in [4.78, 5) is 30.4. The molecule has 1 N–H and O–H groups in total. The molecule has 7 heteroatoms. The summed E-state index contributed by atoms with van der Waals surface area (Å²) in [6.45, 7) is 2.04. The number of benzene rings is 2. The zero-order chi connectivity index (χ0) is 20.8. The third-order valence-corrected chi connectivity index (χ3v) is 5.18. The SMILES string of the molecule is Cc1ccc(-c2nc(C(=O)OCC(=O)NCc3ccc(N(C)C)cc3)cs2)cc1. The first kappa shape index (κ1) is 20.5. The second-order valence-electron chi connectivity index (χ2n) is 6.82. The number of ether oxygens (including phenoxy) is 1. The Kier molecular flexibility index (Phi) is 6.61. The van der Waals surface area contributed by atoms with Gasteiger partial charge in [-0.05, 0) is 24.6 Å².